The summed E-state index contributed by atoms with van der Waals surface area (Å²) >= 11 is 3.63. The summed E-state index contributed by atoms with van der Waals surface area (Å²) in [5, 5.41) is 0. The van der Waals surface area contributed by atoms with E-state index in [0.717, 1.165) is 27.8 Å². The first kappa shape index (κ1) is 18.9. The molecule has 2 aromatic carbocycles. The number of hydrogen-bond acceptors (Lipinski definition) is 5. The van der Waals surface area contributed by atoms with Gasteiger partial charge in [0.05, 0.1) is 41.2 Å². The Morgan fingerprint density at radius 2 is 1.46 bits per heavy atom. The van der Waals surface area contributed by atoms with Crippen LogP contribution in [0.3, 0.4) is 0 Å². The quantitative estimate of drug-likeness (QED) is 0.692. The van der Waals surface area contributed by atoms with Gasteiger partial charge in [0.15, 0.2) is 23.0 Å². The minimum absolute atomic E-state index is 0.0621. The molecule has 6 heteroatoms. The number of fused-ring (bicyclic) bond motifs is 1. The van der Waals surface area contributed by atoms with Gasteiger partial charge < -0.3 is 23.7 Å². The van der Waals surface area contributed by atoms with Crippen molar-refractivity contribution in [1.82, 2.24) is 0 Å². The van der Waals surface area contributed by atoms with Crippen LogP contribution in [-0.2, 0) is 17.6 Å². The van der Waals surface area contributed by atoms with Crippen molar-refractivity contribution in [1.29, 1.82) is 0 Å². The highest BCUT2D eigenvalue weighted by atomic mass is 79.9. The molecule has 1 aliphatic heterocycles. The van der Waals surface area contributed by atoms with Crippen LogP contribution in [0, 0.1) is 0 Å². The van der Waals surface area contributed by atoms with E-state index in [1.807, 2.05) is 24.3 Å². The molecule has 0 radical (unpaired) electrons. The molecule has 0 saturated carbocycles. The van der Waals surface area contributed by atoms with Crippen LogP contribution in [0.5, 0.6) is 23.0 Å². The number of rotatable bonds is 6. The van der Waals surface area contributed by atoms with Crippen molar-refractivity contribution in [3.63, 3.8) is 0 Å². The molecule has 0 aliphatic carbocycles. The maximum absolute atomic E-state index is 6.08. The van der Waals surface area contributed by atoms with Crippen LogP contribution < -0.4 is 18.9 Å². The minimum Gasteiger partial charge on any atom is -0.493 e. The van der Waals surface area contributed by atoms with Gasteiger partial charge in [0.1, 0.15) is 0 Å². The van der Waals surface area contributed by atoms with E-state index < -0.39 is 0 Å². The molecular formula is C20H23BrO5. The minimum atomic E-state index is -0.0621. The average molecular weight is 423 g/mol. The lowest BCUT2D eigenvalue weighted by Gasteiger charge is -2.28. The van der Waals surface area contributed by atoms with Crippen molar-refractivity contribution < 1.29 is 23.7 Å². The average Bonchev–Trinajstić information content (AvgIpc) is 2.68. The first-order valence-corrected chi connectivity index (χ1v) is 9.17. The molecule has 26 heavy (non-hydrogen) atoms. The molecule has 0 bridgehead atoms. The summed E-state index contributed by atoms with van der Waals surface area (Å²) in [4.78, 5) is 0. The Morgan fingerprint density at radius 1 is 0.885 bits per heavy atom. The molecule has 1 aliphatic rings. The van der Waals surface area contributed by atoms with Crippen molar-refractivity contribution in [3.8, 4) is 23.0 Å². The summed E-state index contributed by atoms with van der Waals surface area (Å²) in [6, 6.07) is 7.98. The van der Waals surface area contributed by atoms with Gasteiger partial charge in [0, 0.05) is 10.9 Å². The van der Waals surface area contributed by atoms with Crippen LogP contribution >= 0.6 is 15.9 Å². The molecule has 0 unspecified atom stereocenters. The van der Waals surface area contributed by atoms with Gasteiger partial charge in [-0.1, -0.05) is 15.9 Å². The third kappa shape index (κ3) is 3.62. The van der Waals surface area contributed by atoms with Gasteiger partial charge in [-0.25, -0.2) is 0 Å². The monoisotopic (exact) mass is 422 g/mol. The predicted molar refractivity (Wildman–Crippen MR) is 103 cm³/mol. The summed E-state index contributed by atoms with van der Waals surface area (Å²) in [5.74, 6) is 2.86. The molecule has 0 aromatic heterocycles. The van der Waals surface area contributed by atoms with Gasteiger partial charge in [0.25, 0.3) is 0 Å². The van der Waals surface area contributed by atoms with Gasteiger partial charge in [-0.15, -0.1) is 0 Å². The van der Waals surface area contributed by atoms with Crippen LogP contribution in [0.1, 0.15) is 22.8 Å². The highest BCUT2D eigenvalue weighted by Gasteiger charge is 2.25. The van der Waals surface area contributed by atoms with Crippen LogP contribution in [0.15, 0.2) is 28.7 Å². The molecular weight excluding hydrogens is 400 g/mol. The van der Waals surface area contributed by atoms with E-state index in [1.54, 1.807) is 28.4 Å². The predicted octanol–water partition coefficient (Wildman–Crippen LogP) is 4.34. The fourth-order valence-electron chi connectivity index (χ4n) is 3.28. The van der Waals surface area contributed by atoms with Crippen LogP contribution in [0.4, 0.5) is 0 Å². The number of ether oxygens (including phenoxy) is 5. The fraction of sp³-hybridized carbons (Fsp3) is 0.400. The molecule has 2 aromatic rings. The van der Waals surface area contributed by atoms with Crippen LogP contribution in [0.2, 0.25) is 0 Å². The Morgan fingerprint density at radius 3 is 2.12 bits per heavy atom. The van der Waals surface area contributed by atoms with E-state index in [-0.39, 0.29) is 6.10 Å². The number of benzene rings is 2. The normalized spacial score (nSPS) is 16.0. The number of hydrogen-bond donors (Lipinski definition) is 0. The summed E-state index contributed by atoms with van der Waals surface area (Å²) in [6.07, 6.45) is 1.51. The third-order valence-corrected chi connectivity index (χ3v) is 5.38. The van der Waals surface area contributed by atoms with Crippen molar-refractivity contribution in [2.75, 3.05) is 35.0 Å². The highest BCUT2D eigenvalue weighted by molar-refractivity contribution is 9.10. The standard InChI is InChI=1S/C20H23BrO5/c1-22-17-7-12-5-6-26-16(14(12)10-19(17)24-3)8-13-9-18(23-2)20(25-4)11-15(13)21/h7,9-11,16H,5-6,8H2,1-4H3/t16-/m0/s1. The maximum atomic E-state index is 6.08. The second kappa shape index (κ2) is 8.18. The first-order valence-electron chi connectivity index (χ1n) is 8.38. The zero-order chi connectivity index (χ0) is 18.7. The Bertz CT molecular complexity index is 790. The summed E-state index contributed by atoms with van der Waals surface area (Å²) in [5.41, 5.74) is 3.46. The molecule has 1 heterocycles. The zero-order valence-electron chi connectivity index (χ0n) is 15.4. The fourth-order valence-corrected chi connectivity index (χ4v) is 3.76. The molecule has 5 nitrogen and oxygen atoms in total. The second-order valence-electron chi connectivity index (χ2n) is 6.02. The van der Waals surface area contributed by atoms with E-state index in [0.29, 0.717) is 30.3 Å². The summed E-state index contributed by atoms with van der Waals surface area (Å²) in [7, 11) is 6.57. The highest BCUT2D eigenvalue weighted by Crippen LogP contribution is 2.40. The van der Waals surface area contributed by atoms with E-state index in [2.05, 4.69) is 15.9 Å². The number of methoxy groups -OCH3 is 4. The molecule has 0 saturated heterocycles. The Kier molecular flexibility index (Phi) is 5.94. The summed E-state index contributed by atoms with van der Waals surface area (Å²) in [6.45, 7) is 0.679. The SMILES string of the molecule is COc1cc(Br)c(C[C@@H]2OCCc3cc(OC)c(OC)cc32)cc1OC. The maximum Gasteiger partial charge on any atom is 0.161 e. The summed E-state index contributed by atoms with van der Waals surface area (Å²) < 4.78 is 28.7. The second-order valence-corrected chi connectivity index (χ2v) is 6.87. The Balaban J connectivity index is 1.96. The van der Waals surface area contributed by atoms with Crippen molar-refractivity contribution >= 4 is 15.9 Å². The van der Waals surface area contributed by atoms with Crippen molar-refractivity contribution in [2.24, 2.45) is 0 Å². The molecule has 0 amide bonds. The molecule has 0 spiro atoms. The van der Waals surface area contributed by atoms with Gasteiger partial charge >= 0.3 is 0 Å². The lowest BCUT2D eigenvalue weighted by molar-refractivity contribution is 0.0422. The van der Waals surface area contributed by atoms with Crippen LogP contribution in [-0.4, -0.2) is 35.0 Å². The molecule has 0 N–H and O–H groups in total. The topological polar surface area (TPSA) is 46.2 Å². The van der Waals surface area contributed by atoms with Gasteiger partial charge in [-0.05, 0) is 47.4 Å². The zero-order valence-corrected chi connectivity index (χ0v) is 17.0. The van der Waals surface area contributed by atoms with Crippen molar-refractivity contribution in [3.05, 3.63) is 45.4 Å². The lowest BCUT2D eigenvalue weighted by Crippen LogP contribution is -2.19. The molecule has 1 atom stereocenters. The van der Waals surface area contributed by atoms with Crippen LogP contribution in [0.25, 0.3) is 0 Å². The van der Waals surface area contributed by atoms with Gasteiger partial charge in [-0.3, -0.25) is 0 Å². The largest absolute Gasteiger partial charge is 0.493 e. The van der Waals surface area contributed by atoms with E-state index in [9.17, 15) is 0 Å². The van der Waals surface area contributed by atoms with Crippen molar-refractivity contribution in [2.45, 2.75) is 18.9 Å². The Hall–Kier alpha value is -1.92. The molecule has 3 rings (SSSR count). The molecule has 140 valence electrons. The number of halogens is 1. The van der Waals surface area contributed by atoms with E-state index in [4.69, 9.17) is 23.7 Å². The molecule has 0 fully saturated rings. The smallest absolute Gasteiger partial charge is 0.161 e. The lowest BCUT2D eigenvalue weighted by atomic mass is 9.92. The van der Waals surface area contributed by atoms with E-state index in [1.165, 1.54) is 5.56 Å². The van der Waals surface area contributed by atoms with Gasteiger partial charge in [0.2, 0.25) is 0 Å². The van der Waals surface area contributed by atoms with Gasteiger partial charge in [-0.2, -0.15) is 0 Å². The Labute approximate surface area is 162 Å². The third-order valence-electron chi connectivity index (χ3n) is 4.64. The first-order chi connectivity index (χ1) is 12.6. The van der Waals surface area contributed by atoms with E-state index >= 15 is 0 Å².